The third kappa shape index (κ3) is 6.48. The first-order valence-corrected chi connectivity index (χ1v) is 7.82. The van der Waals surface area contributed by atoms with Gasteiger partial charge in [0.05, 0.1) is 7.11 Å². The number of hydrogen-bond acceptors (Lipinski definition) is 2. The predicted molar refractivity (Wildman–Crippen MR) is 88.4 cm³/mol. The molecule has 0 heterocycles. The van der Waals surface area contributed by atoms with E-state index in [-0.39, 0.29) is 5.91 Å². The molecule has 0 atom stereocenters. The molecule has 0 aromatic heterocycles. The van der Waals surface area contributed by atoms with E-state index in [4.69, 9.17) is 4.74 Å². The Morgan fingerprint density at radius 3 is 2.14 bits per heavy atom. The zero-order valence-electron chi connectivity index (χ0n) is 13.5. The van der Waals surface area contributed by atoms with Gasteiger partial charge in [0.2, 0.25) is 5.91 Å². The summed E-state index contributed by atoms with van der Waals surface area (Å²) in [5.41, 5.74) is 1.01. The van der Waals surface area contributed by atoms with E-state index in [2.05, 4.69) is 13.8 Å². The van der Waals surface area contributed by atoms with Crippen LogP contribution in [-0.2, 0) is 4.79 Å². The molecule has 116 valence electrons. The van der Waals surface area contributed by atoms with Gasteiger partial charge in [-0.15, -0.1) is 0 Å². The van der Waals surface area contributed by atoms with E-state index >= 15 is 0 Å². The molecule has 1 aromatic rings. The van der Waals surface area contributed by atoms with Crippen molar-refractivity contribution in [1.29, 1.82) is 0 Å². The van der Waals surface area contributed by atoms with Gasteiger partial charge in [-0.2, -0.15) is 0 Å². The van der Waals surface area contributed by atoms with Crippen LogP contribution in [0.25, 0.3) is 6.08 Å². The molecule has 3 heteroatoms. The molecule has 1 aromatic carbocycles. The van der Waals surface area contributed by atoms with Crippen LogP contribution in [0.1, 0.15) is 45.1 Å². The van der Waals surface area contributed by atoms with Crippen molar-refractivity contribution >= 4 is 12.0 Å². The largest absolute Gasteiger partial charge is 0.497 e. The summed E-state index contributed by atoms with van der Waals surface area (Å²) in [4.78, 5) is 14.2. The number of ether oxygens (including phenoxy) is 1. The summed E-state index contributed by atoms with van der Waals surface area (Å²) in [5, 5.41) is 0. The number of nitrogens with zero attached hydrogens (tertiary/aromatic N) is 1. The fraction of sp³-hybridized carbons (Fsp3) is 0.500. The Bertz CT molecular complexity index is 429. The van der Waals surface area contributed by atoms with E-state index in [9.17, 15) is 4.79 Å². The molecular weight excluding hydrogens is 262 g/mol. The smallest absolute Gasteiger partial charge is 0.246 e. The lowest BCUT2D eigenvalue weighted by atomic mass is 10.2. The number of carbonyl (C=O) groups excluding carboxylic acids is 1. The van der Waals surface area contributed by atoms with Gasteiger partial charge in [0.25, 0.3) is 0 Å². The summed E-state index contributed by atoms with van der Waals surface area (Å²) in [6.45, 7) is 6.00. The van der Waals surface area contributed by atoms with Crippen LogP contribution in [0.5, 0.6) is 5.75 Å². The lowest BCUT2D eigenvalue weighted by molar-refractivity contribution is -0.126. The molecule has 0 saturated carbocycles. The van der Waals surface area contributed by atoms with E-state index in [0.29, 0.717) is 0 Å². The molecule has 0 unspecified atom stereocenters. The molecule has 0 aliphatic heterocycles. The Morgan fingerprint density at radius 1 is 1.10 bits per heavy atom. The van der Waals surface area contributed by atoms with Crippen molar-refractivity contribution in [3.05, 3.63) is 35.9 Å². The maximum absolute atomic E-state index is 12.3. The molecule has 0 spiro atoms. The first-order valence-electron chi connectivity index (χ1n) is 7.82. The third-order valence-corrected chi connectivity index (χ3v) is 3.41. The summed E-state index contributed by atoms with van der Waals surface area (Å²) >= 11 is 0. The van der Waals surface area contributed by atoms with Crippen LogP contribution < -0.4 is 4.74 Å². The summed E-state index contributed by atoms with van der Waals surface area (Å²) in [6.07, 6.45) is 7.88. The highest BCUT2D eigenvalue weighted by Crippen LogP contribution is 2.12. The van der Waals surface area contributed by atoms with E-state index in [1.807, 2.05) is 35.2 Å². The van der Waals surface area contributed by atoms with Crippen LogP contribution in [0.4, 0.5) is 0 Å². The van der Waals surface area contributed by atoms with Gasteiger partial charge in [0.15, 0.2) is 0 Å². The van der Waals surface area contributed by atoms with E-state index in [1.165, 1.54) is 0 Å². The highest BCUT2D eigenvalue weighted by molar-refractivity contribution is 5.91. The van der Waals surface area contributed by atoms with Crippen LogP contribution in [-0.4, -0.2) is 31.0 Å². The first kappa shape index (κ1) is 17.3. The van der Waals surface area contributed by atoms with Gasteiger partial charge >= 0.3 is 0 Å². The molecule has 0 bridgehead atoms. The zero-order valence-corrected chi connectivity index (χ0v) is 13.5. The van der Waals surface area contributed by atoms with E-state index in [1.54, 1.807) is 13.2 Å². The minimum atomic E-state index is 0.104. The Balaban J connectivity index is 2.62. The second kappa shape index (κ2) is 10.0. The standard InChI is InChI=1S/C18H27NO2/c1-4-6-14-19(15-7-5-2)18(20)13-10-16-8-11-17(21-3)12-9-16/h8-13H,4-7,14-15H2,1-3H3/b13-10+. The average Bonchev–Trinajstić information content (AvgIpc) is 2.53. The SMILES string of the molecule is CCCCN(CCCC)C(=O)/C=C/c1ccc(OC)cc1. The van der Waals surface area contributed by atoms with Crippen LogP contribution >= 0.6 is 0 Å². The molecule has 1 amide bonds. The van der Waals surface area contributed by atoms with Gasteiger partial charge in [-0.3, -0.25) is 4.79 Å². The number of unbranched alkanes of at least 4 members (excludes halogenated alkanes) is 2. The maximum atomic E-state index is 12.3. The number of carbonyl (C=O) groups is 1. The summed E-state index contributed by atoms with van der Waals surface area (Å²) < 4.78 is 5.12. The van der Waals surface area contributed by atoms with Gasteiger partial charge in [-0.25, -0.2) is 0 Å². The number of methoxy groups -OCH3 is 1. The normalized spacial score (nSPS) is 10.8. The first-order chi connectivity index (χ1) is 10.2. The van der Waals surface area contributed by atoms with Crippen LogP contribution in [0.2, 0.25) is 0 Å². The van der Waals surface area contributed by atoms with Crippen molar-refractivity contribution in [2.24, 2.45) is 0 Å². The average molecular weight is 289 g/mol. The predicted octanol–water partition coefficient (Wildman–Crippen LogP) is 4.14. The Kier molecular flexibility index (Phi) is 8.25. The van der Waals surface area contributed by atoms with Crippen molar-refractivity contribution in [2.75, 3.05) is 20.2 Å². The Hall–Kier alpha value is -1.77. The number of amides is 1. The fourth-order valence-electron chi connectivity index (χ4n) is 2.02. The maximum Gasteiger partial charge on any atom is 0.246 e. The summed E-state index contributed by atoms with van der Waals surface area (Å²) in [5.74, 6) is 0.929. The fourth-order valence-corrected chi connectivity index (χ4v) is 2.02. The van der Waals surface area contributed by atoms with Crippen molar-refractivity contribution in [3.63, 3.8) is 0 Å². The minimum Gasteiger partial charge on any atom is -0.497 e. The molecular formula is C18H27NO2. The second-order valence-electron chi connectivity index (χ2n) is 5.14. The number of rotatable bonds is 9. The molecule has 0 aliphatic carbocycles. The third-order valence-electron chi connectivity index (χ3n) is 3.41. The number of hydrogen-bond donors (Lipinski definition) is 0. The van der Waals surface area contributed by atoms with Crippen molar-refractivity contribution in [3.8, 4) is 5.75 Å². The molecule has 21 heavy (non-hydrogen) atoms. The second-order valence-corrected chi connectivity index (χ2v) is 5.14. The summed E-state index contributed by atoms with van der Waals surface area (Å²) in [6, 6.07) is 7.70. The van der Waals surface area contributed by atoms with Gasteiger partial charge in [-0.05, 0) is 36.6 Å². The number of benzene rings is 1. The van der Waals surface area contributed by atoms with E-state index in [0.717, 1.165) is 50.1 Å². The zero-order chi connectivity index (χ0) is 15.5. The Labute approximate surface area is 128 Å². The van der Waals surface area contributed by atoms with Crippen molar-refractivity contribution in [1.82, 2.24) is 4.90 Å². The topological polar surface area (TPSA) is 29.5 Å². The highest BCUT2D eigenvalue weighted by Gasteiger charge is 2.08. The van der Waals surface area contributed by atoms with Gasteiger partial charge in [0, 0.05) is 19.2 Å². The lowest BCUT2D eigenvalue weighted by Gasteiger charge is -2.20. The molecule has 0 saturated heterocycles. The van der Waals surface area contributed by atoms with Gasteiger partial charge < -0.3 is 9.64 Å². The van der Waals surface area contributed by atoms with Crippen molar-refractivity contribution in [2.45, 2.75) is 39.5 Å². The molecule has 0 N–H and O–H groups in total. The highest BCUT2D eigenvalue weighted by atomic mass is 16.5. The van der Waals surface area contributed by atoms with Crippen molar-refractivity contribution < 1.29 is 9.53 Å². The summed E-state index contributed by atoms with van der Waals surface area (Å²) in [7, 11) is 1.65. The van der Waals surface area contributed by atoms with Crippen LogP contribution in [0, 0.1) is 0 Å². The molecule has 0 radical (unpaired) electrons. The van der Waals surface area contributed by atoms with Gasteiger partial charge in [-0.1, -0.05) is 38.8 Å². The monoisotopic (exact) mass is 289 g/mol. The van der Waals surface area contributed by atoms with E-state index < -0.39 is 0 Å². The molecule has 0 fully saturated rings. The Morgan fingerprint density at radius 2 is 1.67 bits per heavy atom. The van der Waals surface area contributed by atoms with Gasteiger partial charge in [0.1, 0.15) is 5.75 Å². The molecule has 3 nitrogen and oxygen atoms in total. The molecule has 1 rings (SSSR count). The minimum absolute atomic E-state index is 0.104. The van der Waals surface area contributed by atoms with Crippen LogP contribution in [0.15, 0.2) is 30.3 Å². The quantitative estimate of drug-likeness (QED) is 0.639. The van der Waals surface area contributed by atoms with Crippen LogP contribution in [0.3, 0.4) is 0 Å². The molecule has 0 aliphatic rings. The lowest BCUT2D eigenvalue weighted by Crippen LogP contribution is -2.31.